The van der Waals surface area contributed by atoms with Crippen LogP contribution in [0.2, 0.25) is 0 Å². The summed E-state index contributed by atoms with van der Waals surface area (Å²) in [5.74, 6) is 0.152. The molecule has 1 atom stereocenters. The maximum Gasteiger partial charge on any atom is 0.311 e. The van der Waals surface area contributed by atoms with Crippen molar-refractivity contribution in [3.05, 3.63) is 65.2 Å². The minimum Gasteiger partial charge on any atom is -0.496 e. The second-order valence-corrected chi connectivity index (χ2v) is 5.30. The largest absolute Gasteiger partial charge is 0.496 e. The molecule has 4 nitrogen and oxygen atoms in total. The normalized spacial score (nSPS) is 11.6. The average Bonchev–Trinajstić information content (AvgIpc) is 2.55. The van der Waals surface area contributed by atoms with Crippen molar-refractivity contribution >= 4 is 11.8 Å². The maximum atomic E-state index is 12.2. The molecular formula is C19H20O4. The van der Waals surface area contributed by atoms with Crippen LogP contribution in [0.15, 0.2) is 48.5 Å². The lowest BCUT2D eigenvalue weighted by molar-refractivity contribution is -0.147. The monoisotopic (exact) mass is 312 g/mol. The molecular weight excluding hydrogens is 292 g/mol. The number of methoxy groups -OCH3 is 1. The Hall–Kier alpha value is -2.62. The predicted octanol–water partition coefficient (Wildman–Crippen LogP) is 3.74. The highest BCUT2D eigenvalue weighted by atomic mass is 16.5. The first-order valence-corrected chi connectivity index (χ1v) is 7.43. The molecule has 0 amide bonds. The van der Waals surface area contributed by atoms with Crippen LogP contribution in [0.1, 0.15) is 41.4 Å². The number of hydrogen-bond donors (Lipinski definition) is 0. The third-order valence-electron chi connectivity index (χ3n) is 3.60. The van der Waals surface area contributed by atoms with Gasteiger partial charge in [0.1, 0.15) is 11.9 Å². The fraction of sp³-hybridized carbons (Fsp3) is 0.263. The van der Waals surface area contributed by atoms with Crippen LogP contribution in [0, 0.1) is 0 Å². The molecule has 23 heavy (non-hydrogen) atoms. The number of carbonyl (C=O) groups excluding carboxylic acids is 2. The number of carbonyl (C=O) groups is 2. The zero-order valence-electron chi connectivity index (χ0n) is 13.5. The second kappa shape index (κ2) is 7.58. The Balaban J connectivity index is 2.10. The SMILES string of the molecule is COc1ccc(C(C)=O)cc1CC(=O)OC(C)c1ccccc1. The van der Waals surface area contributed by atoms with E-state index in [1.165, 1.54) is 14.0 Å². The summed E-state index contributed by atoms with van der Waals surface area (Å²) in [6, 6.07) is 14.6. The zero-order chi connectivity index (χ0) is 16.8. The van der Waals surface area contributed by atoms with Crippen LogP contribution in [-0.2, 0) is 16.0 Å². The number of benzene rings is 2. The fourth-order valence-electron chi connectivity index (χ4n) is 2.32. The third-order valence-corrected chi connectivity index (χ3v) is 3.60. The number of Topliss-reactive ketones (excluding diaryl/α,β-unsaturated/α-hetero) is 1. The van der Waals surface area contributed by atoms with Crippen LogP contribution in [0.3, 0.4) is 0 Å². The number of hydrogen-bond acceptors (Lipinski definition) is 4. The molecule has 0 fully saturated rings. The number of ether oxygens (including phenoxy) is 2. The van der Waals surface area contributed by atoms with Crippen LogP contribution in [0.5, 0.6) is 5.75 Å². The Morgan fingerprint density at radius 3 is 2.39 bits per heavy atom. The average molecular weight is 312 g/mol. The van der Waals surface area contributed by atoms with E-state index in [9.17, 15) is 9.59 Å². The summed E-state index contributed by atoms with van der Waals surface area (Å²) in [6.45, 7) is 3.32. The van der Waals surface area contributed by atoms with Crippen molar-refractivity contribution in [2.24, 2.45) is 0 Å². The van der Waals surface area contributed by atoms with Gasteiger partial charge in [0.25, 0.3) is 0 Å². The van der Waals surface area contributed by atoms with E-state index in [2.05, 4.69) is 0 Å². The van der Waals surface area contributed by atoms with Gasteiger partial charge in [0, 0.05) is 11.1 Å². The molecule has 2 rings (SSSR count). The highest BCUT2D eigenvalue weighted by Gasteiger charge is 2.15. The summed E-state index contributed by atoms with van der Waals surface area (Å²) in [6.07, 6.45) is -0.271. The minimum atomic E-state index is -0.361. The number of esters is 1. The number of rotatable bonds is 6. The van der Waals surface area contributed by atoms with Gasteiger partial charge in [-0.25, -0.2) is 0 Å². The van der Waals surface area contributed by atoms with Crippen molar-refractivity contribution in [3.8, 4) is 5.75 Å². The summed E-state index contributed by atoms with van der Waals surface area (Å²) in [7, 11) is 1.53. The molecule has 0 saturated carbocycles. The Morgan fingerprint density at radius 2 is 1.78 bits per heavy atom. The Kier molecular flexibility index (Phi) is 5.52. The molecule has 0 saturated heterocycles. The Morgan fingerprint density at radius 1 is 1.09 bits per heavy atom. The van der Waals surface area contributed by atoms with Crippen LogP contribution in [0.4, 0.5) is 0 Å². The van der Waals surface area contributed by atoms with Crippen LogP contribution in [0.25, 0.3) is 0 Å². The molecule has 0 aliphatic heterocycles. The van der Waals surface area contributed by atoms with Gasteiger partial charge in [0.15, 0.2) is 5.78 Å². The van der Waals surface area contributed by atoms with Crippen LogP contribution < -0.4 is 4.74 Å². The maximum absolute atomic E-state index is 12.2. The lowest BCUT2D eigenvalue weighted by Crippen LogP contribution is -2.12. The minimum absolute atomic E-state index is 0.0556. The summed E-state index contributed by atoms with van der Waals surface area (Å²) >= 11 is 0. The van der Waals surface area contributed by atoms with E-state index in [0.29, 0.717) is 16.9 Å². The summed E-state index contributed by atoms with van der Waals surface area (Å²) < 4.78 is 10.7. The standard InChI is InChI=1S/C19H20O4/c1-13(20)16-9-10-18(22-3)17(11-16)12-19(21)23-14(2)15-7-5-4-6-8-15/h4-11,14H,12H2,1-3H3. The van der Waals surface area contributed by atoms with Crippen molar-refractivity contribution in [3.63, 3.8) is 0 Å². The van der Waals surface area contributed by atoms with E-state index < -0.39 is 0 Å². The molecule has 1 unspecified atom stereocenters. The molecule has 0 aliphatic carbocycles. The van der Waals surface area contributed by atoms with E-state index in [1.54, 1.807) is 18.2 Å². The molecule has 0 bridgehead atoms. The van der Waals surface area contributed by atoms with Crippen LogP contribution >= 0.6 is 0 Å². The molecule has 4 heteroatoms. The van der Waals surface area contributed by atoms with Gasteiger partial charge in [-0.1, -0.05) is 30.3 Å². The molecule has 2 aromatic carbocycles. The van der Waals surface area contributed by atoms with Gasteiger partial charge in [-0.2, -0.15) is 0 Å². The zero-order valence-corrected chi connectivity index (χ0v) is 13.5. The molecule has 0 aliphatic rings. The topological polar surface area (TPSA) is 52.6 Å². The third kappa shape index (κ3) is 4.42. The Labute approximate surface area is 136 Å². The molecule has 2 aromatic rings. The first-order valence-electron chi connectivity index (χ1n) is 7.43. The molecule has 0 aromatic heterocycles. The van der Waals surface area contributed by atoms with E-state index in [-0.39, 0.29) is 24.3 Å². The molecule has 0 radical (unpaired) electrons. The molecule has 0 heterocycles. The molecule has 0 spiro atoms. The fourth-order valence-corrected chi connectivity index (χ4v) is 2.32. The summed E-state index contributed by atoms with van der Waals surface area (Å²) in [4.78, 5) is 23.7. The lowest BCUT2D eigenvalue weighted by Gasteiger charge is -2.15. The van der Waals surface area contributed by atoms with Crippen molar-refractivity contribution < 1.29 is 19.1 Å². The quantitative estimate of drug-likeness (QED) is 0.602. The van der Waals surface area contributed by atoms with Gasteiger partial charge in [-0.15, -0.1) is 0 Å². The highest BCUT2D eigenvalue weighted by molar-refractivity contribution is 5.94. The van der Waals surface area contributed by atoms with Gasteiger partial charge in [-0.05, 0) is 37.6 Å². The highest BCUT2D eigenvalue weighted by Crippen LogP contribution is 2.23. The van der Waals surface area contributed by atoms with Gasteiger partial charge >= 0.3 is 5.97 Å². The smallest absolute Gasteiger partial charge is 0.311 e. The van der Waals surface area contributed by atoms with Gasteiger partial charge in [0.05, 0.1) is 13.5 Å². The van der Waals surface area contributed by atoms with Crippen molar-refractivity contribution in [1.29, 1.82) is 0 Å². The first-order chi connectivity index (χ1) is 11.0. The van der Waals surface area contributed by atoms with Crippen LogP contribution in [-0.4, -0.2) is 18.9 Å². The second-order valence-electron chi connectivity index (χ2n) is 5.30. The summed E-state index contributed by atoms with van der Waals surface area (Å²) in [5.41, 5.74) is 2.13. The van der Waals surface area contributed by atoms with Crippen molar-refractivity contribution in [1.82, 2.24) is 0 Å². The Bertz CT molecular complexity index is 692. The van der Waals surface area contributed by atoms with Crippen molar-refractivity contribution in [2.45, 2.75) is 26.4 Å². The van der Waals surface area contributed by atoms with Gasteiger partial charge in [0.2, 0.25) is 0 Å². The van der Waals surface area contributed by atoms with E-state index >= 15 is 0 Å². The van der Waals surface area contributed by atoms with E-state index in [1.807, 2.05) is 37.3 Å². The van der Waals surface area contributed by atoms with E-state index in [0.717, 1.165) is 5.56 Å². The summed E-state index contributed by atoms with van der Waals surface area (Å²) in [5, 5.41) is 0. The van der Waals surface area contributed by atoms with Gasteiger partial charge in [-0.3, -0.25) is 9.59 Å². The molecule has 120 valence electrons. The predicted molar refractivity (Wildman–Crippen MR) is 87.7 cm³/mol. The van der Waals surface area contributed by atoms with Gasteiger partial charge < -0.3 is 9.47 Å². The molecule has 0 N–H and O–H groups in total. The first kappa shape index (κ1) is 16.7. The van der Waals surface area contributed by atoms with E-state index in [4.69, 9.17) is 9.47 Å². The van der Waals surface area contributed by atoms with Crippen molar-refractivity contribution in [2.75, 3.05) is 7.11 Å². The lowest BCUT2D eigenvalue weighted by atomic mass is 10.0. The number of ketones is 1.